The van der Waals surface area contributed by atoms with Crippen LogP contribution in [-0.2, 0) is 17.6 Å². The van der Waals surface area contributed by atoms with Crippen molar-refractivity contribution in [2.45, 2.75) is 39.2 Å². The van der Waals surface area contributed by atoms with Crippen LogP contribution in [0.5, 0.6) is 11.5 Å². The van der Waals surface area contributed by atoms with Crippen LogP contribution in [-0.4, -0.2) is 29.4 Å². The number of rotatable bonds is 6. The van der Waals surface area contributed by atoms with E-state index >= 15 is 0 Å². The van der Waals surface area contributed by atoms with Crippen molar-refractivity contribution < 1.29 is 19.4 Å². The lowest BCUT2D eigenvalue weighted by Gasteiger charge is -2.21. The molecule has 0 unspecified atom stereocenters. The van der Waals surface area contributed by atoms with Gasteiger partial charge in [0.15, 0.2) is 0 Å². The van der Waals surface area contributed by atoms with Crippen molar-refractivity contribution in [3.05, 3.63) is 58.1 Å². The molecule has 0 aromatic heterocycles. The first-order valence-electron chi connectivity index (χ1n) is 8.57. The third-order valence-corrected chi connectivity index (χ3v) is 4.06. The Morgan fingerprint density at radius 1 is 1.11 bits per heavy atom. The molecule has 1 amide bonds. The number of phenols is 1. The number of hydrogen-bond acceptors (Lipinski definition) is 4. The minimum atomic E-state index is -0.391. The van der Waals surface area contributed by atoms with Gasteiger partial charge in [-0.25, -0.2) is 0 Å². The number of ketones is 1. The van der Waals surface area contributed by atoms with Crippen molar-refractivity contribution in [2.24, 2.45) is 0 Å². The summed E-state index contributed by atoms with van der Waals surface area (Å²) in [5, 5.41) is 13.2. The third-order valence-electron chi connectivity index (χ3n) is 3.83. The highest BCUT2D eigenvalue weighted by atomic mass is 35.5. The number of ether oxygens (including phenoxy) is 1. The number of carbonyl (C=O) groups excluding carboxylic acids is 2. The molecule has 0 saturated heterocycles. The Balaban J connectivity index is 2.19. The fourth-order valence-corrected chi connectivity index (χ4v) is 2.84. The van der Waals surface area contributed by atoms with Gasteiger partial charge < -0.3 is 15.2 Å². The number of methoxy groups -OCH3 is 1. The third kappa shape index (κ3) is 6.00. The fourth-order valence-electron chi connectivity index (χ4n) is 2.65. The summed E-state index contributed by atoms with van der Waals surface area (Å²) in [6.45, 7) is 5.67. The molecule has 2 aromatic carbocycles. The molecule has 144 valence electrons. The molecule has 0 aliphatic heterocycles. The topological polar surface area (TPSA) is 75.6 Å². The molecule has 0 atom stereocenters. The van der Waals surface area contributed by atoms with E-state index in [1.165, 1.54) is 13.2 Å². The zero-order valence-corrected chi connectivity index (χ0v) is 16.7. The van der Waals surface area contributed by atoms with Gasteiger partial charge in [-0.15, -0.1) is 0 Å². The van der Waals surface area contributed by atoms with Crippen molar-refractivity contribution in [3.8, 4) is 11.5 Å². The molecule has 27 heavy (non-hydrogen) atoms. The Labute approximate surface area is 164 Å². The normalized spacial score (nSPS) is 11.1. The number of halogens is 1. The molecule has 0 spiro atoms. The standard InChI is InChI=1S/C21H24ClNO4/c1-21(2,3)23-20(26)17-10-13(5-8-19(17)27-4)9-16(24)12-14-11-15(22)6-7-18(14)25/h5-8,10-11,25H,9,12H2,1-4H3,(H,23,26). The first-order valence-corrected chi connectivity index (χ1v) is 8.95. The van der Waals surface area contributed by atoms with Gasteiger partial charge >= 0.3 is 0 Å². The summed E-state index contributed by atoms with van der Waals surface area (Å²) in [5.41, 5.74) is 1.16. The molecule has 2 N–H and O–H groups in total. The number of Topliss-reactive ketones (excluding diaryl/α,β-unsaturated/α-hetero) is 1. The van der Waals surface area contributed by atoms with Crippen LogP contribution in [0.4, 0.5) is 0 Å². The molecule has 0 fully saturated rings. The van der Waals surface area contributed by atoms with E-state index in [1.807, 2.05) is 20.8 Å². The molecule has 2 aromatic rings. The van der Waals surface area contributed by atoms with Crippen molar-refractivity contribution in [1.82, 2.24) is 5.32 Å². The maximum absolute atomic E-state index is 12.5. The highest BCUT2D eigenvalue weighted by Gasteiger charge is 2.19. The number of aromatic hydroxyl groups is 1. The first-order chi connectivity index (χ1) is 12.6. The molecule has 0 radical (unpaired) electrons. The molecule has 0 aliphatic rings. The lowest BCUT2D eigenvalue weighted by molar-refractivity contribution is -0.117. The lowest BCUT2D eigenvalue weighted by Crippen LogP contribution is -2.40. The minimum absolute atomic E-state index is 0.0349. The highest BCUT2D eigenvalue weighted by molar-refractivity contribution is 6.30. The SMILES string of the molecule is COc1ccc(CC(=O)Cc2cc(Cl)ccc2O)cc1C(=O)NC(C)(C)C. The van der Waals surface area contributed by atoms with Crippen LogP contribution in [0.25, 0.3) is 0 Å². The van der Waals surface area contributed by atoms with Crippen LogP contribution in [0, 0.1) is 0 Å². The molecule has 0 aliphatic carbocycles. The second kappa shape index (κ2) is 8.44. The van der Waals surface area contributed by atoms with Gasteiger partial charge in [0.2, 0.25) is 0 Å². The van der Waals surface area contributed by atoms with Crippen molar-refractivity contribution >= 4 is 23.3 Å². The number of hydrogen-bond donors (Lipinski definition) is 2. The van der Waals surface area contributed by atoms with E-state index in [-0.39, 0.29) is 30.3 Å². The predicted octanol–water partition coefficient (Wildman–Crippen LogP) is 3.94. The molecule has 6 heteroatoms. The average molecular weight is 390 g/mol. The van der Waals surface area contributed by atoms with Gasteiger partial charge in [0, 0.05) is 29.0 Å². The van der Waals surface area contributed by atoms with E-state index < -0.39 is 5.54 Å². The van der Waals surface area contributed by atoms with E-state index in [0.29, 0.717) is 27.5 Å². The van der Waals surface area contributed by atoms with Crippen LogP contribution in [0.1, 0.15) is 42.3 Å². The Morgan fingerprint density at radius 2 is 1.81 bits per heavy atom. The summed E-state index contributed by atoms with van der Waals surface area (Å²) in [5.74, 6) is 0.120. The zero-order chi connectivity index (χ0) is 20.2. The smallest absolute Gasteiger partial charge is 0.255 e. The van der Waals surface area contributed by atoms with E-state index in [2.05, 4.69) is 5.32 Å². The fraction of sp³-hybridized carbons (Fsp3) is 0.333. The summed E-state index contributed by atoms with van der Waals surface area (Å²) in [6, 6.07) is 9.70. The number of amides is 1. The maximum atomic E-state index is 12.5. The molecule has 0 bridgehead atoms. The largest absolute Gasteiger partial charge is 0.508 e. The van der Waals surface area contributed by atoms with E-state index in [9.17, 15) is 14.7 Å². The second-order valence-electron chi connectivity index (χ2n) is 7.40. The van der Waals surface area contributed by atoms with Gasteiger partial charge in [0.25, 0.3) is 5.91 Å². The molecular weight excluding hydrogens is 366 g/mol. The summed E-state index contributed by atoms with van der Waals surface area (Å²) < 4.78 is 5.27. The zero-order valence-electron chi connectivity index (χ0n) is 15.9. The van der Waals surface area contributed by atoms with Crippen molar-refractivity contribution in [2.75, 3.05) is 7.11 Å². The quantitative estimate of drug-likeness (QED) is 0.784. The van der Waals surface area contributed by atoms with E-state index in [1.54, 1.807) is 30.3 Å². The van der Waals surface area contributed by atoms with Gasteiger partial charge in [-0.05, 0) is 56.7 Å². The summed E-state index contributed by atoms with van der Waals surface area (Å²) >= 11 is 5.92. The molecule has 5 nitrogen and oxygen atoms in total. The van der Waals surface area contributed by atoms with Crippen molar-refractivity contribution in [1.29, 1.82) is 0 Å². The predicted molar refractivity (Wildman–Crippen MR) is 106 cm³/mol. The van der Waals surface area contributed by atoms with Crippen LogP contribution < -0.4 is 10.1 Å². The lowest BCUT2D eigenvalue weighted by atomic mass is 9.99. The van der Waals surface area contributed by atoms with Gasteiger partial charge in [0.05, 0.1) is 12.7 Å². The van der Waals surface area contributed by atoms with Crippen LogP contribution in [0.15, 0.2) is 36.4 Å². The van der Waals surface area contributed by atoms with E-state index in [4.69, 9.17) is 16.3 Å². The Kier molecular flexibility index (Phi) is 6.50. The Bertz CT molecular complexity index is 856. The Morgan fingerprint density at radius 3 is 2.44 bits per heavy atom. The van der Waals surface area contributed by atoms with E-state index in [0.717, 1.165) is 0 Å². The second-order valence-corrected chi connectivity index (χ2v) is 7.84. The van der Waals surface area contributed by atoms with Gasteiger partial charge in [0.1, 0.15) is 17.3 Å². The number of nitrogens with one attached hydrogen (secondary N) is 1. The number of benzene rings is 2. The monoisotopic (exact) mass is 389 g/mol. The van der Waals surface area contributed by atoms with Gasteiger partial charge in [-0.2, -0.15) is 0 Å². The number of phenolic OH excluding ortho intramolecular Hbond substituents is 1. The van der Waals surface area contributed by atoms with Gasteiger partial charge in [-0.3, -0.25) is 9.59 Å². The summed E-state index contributed by atoms with van der Waals surface area (Å²) in [4.78, 5) is 25.0. The number of carbonyl (C=O) groups is 2. The van der Waals surface area contributed by atoms with Crippen LogP contribution in [0.3, 0.4) is 0 Å². The average Bonchev–Trinajstić information content (AvgIpc) is 2.56. The van der Waals surface area contributed by atoms with Gasteiger partial charge in [-0.1, -0.05) is 17.7 Å². The minimum Gasteiger partial charge on any atom is -0.508 e. The van der Waals surface area contributed by atoms with Crippen molar-refractivity contribution in [3.63, 3.8) is 0 Å². The highest BCUT2D eigenvalue weighted by Crippen LogP contribution is 2.24. The molecule has 0 heterocycles. The summed E-state index contributed by atoms with van der Waals surface area (Å²) in [6.07, 6.45) is 0.188. The Hall–Kier alpha value is -2.53. The summed E-state index contributed by atoms with van der Waals surface area (Å²) in [7, 11) is 1.50. The molecule has 0 saturated carbocycles. The van der Waals surface area contributed by atoms with Crippen LogP contribution in [0.2, 0.25) is 5.02 Å². The molecule has 2 rings (SSSR count). The molecular formula is C21H24ClNO4. The van der Waals surface area contributed by atoms with Crippen LogP contribution >= 0.6 is 11.6 Å². The maximum Gasteiger partial charge on any atom is 0.255 e. The first kappa shape index (κ1) is 20.8.